The number of benzene rings is 6. The van der Waals surface area contributed by atoms with Crippen LogP contribution in [0, 0.1) is 0 Å². The van der Waals surface area contributed by atoms with Gasteiger partial charge in [0, 0.05) is 17.8 Å². The summed E-state index contributed by atoms with van der Waals surface area (Å²) in [4.78, 5) is 33.6. The van der Waals surface area contributed by atoms with Gasteiger partial charge in [0.2, 0.25) is 0 Å². The Balaban J connectivity index is 0.000000197. The van der Waals surface area contributed by atoms with Crippen molar-refractivity contribution < 1.29 is 29.7 Å². The maximum atomic E-state index is 11.2. The van der Waals surface area contributed by atoms with E-state index < -0.39 is 35.7 Å². The van der Waals surface area contributed by atoms with Crippen LogP contribution in [-0.2, 0) is 14.4 Å². The van der Waals surface area contributed by atoms with Gasteiger partial charge in [0.1, 0.15) is 0 Å². The van der Waals surface area contributed by atoms with Crippen LogP contribution in [0.25, 0.3) is 0 Å². The van der Waals surface area contributed by atoms with E-state index >= 15 is 0 Å². The maximum Gasteiger partial charge on any atom is 3.00 e. The van der Waals surface area contributed by atoms with Gasteiger partial charge in [0.25, 0.3) is 0 Å². The van der Waals surface area contributed by atoms with Crippen molar-refractivity contribution in [3.8, 4) is 0 Å². The molecule has 6 nitrogen and oxygen atoms in total. The van der Waals surface area contributed by atoms with Crippen LogP contribution in [0.4, 0.5) is 0 Å². The predicted molar refractivity (Wildman–Crippen MR) is 185 cm³/mol. The zero-order valence-electron chi connectivity index (χ0n) is 26.4. The molecular weight excluding hydrogens is 809 g/mol. The van der Waals surface area contributed by atoms with Crippen LogP contribution in [0.5, 0.6) is 0 Å². The van der Waals surface area contributed by atoms with Crippen LogP contribution in [-0.4, -0.2) is 44.1 Å². The van der Waals surface area contributed by atoms with E-state index in [2.05, 4.69) is 0 Å². The molecule has 0 saturated heterocycles. The number of rotatable bonds is 9. The van der Waals surface area contributed by atoms with Gasteiger partial charge in [-0.15, -0.1) is 0 Å². The van der Waals surface area contributed by atoms with E-state index in [9.17, 15) is 29.7 Å². The normalized spacial score (nSPS) is 10.1. The van der Waals surface area contributed by atoms with Crippen LogP contribution in [0.3, 0.4) is 0 Å². The minimum atomic E-state index is -1.07. The molecule has 0 aromatic heterocycles. The van der Waals surface area contributed by atoms with Crippen LogP contribution < -0.4 is 15.3 Å². The Morgan fingerprint density at radius 3 is 0.510 bits per heavy atom. The van der Waals surface area contributed by atoms with E-state index in [0.717, 1.165) is 33.4 Å². The van der Waals surface area contributed by atoms with Gasteiger partial charge in [-0.05, 0) is 33.4 Å². The molecule has 0 bridgehead atoms. The number of carboxylic acids is 3. The summed E-state index contributed by atoms with van der Waals surface area (Å²) in [5.74, 6) is -5.29. The molecule has 0 unspecified atom stereocenters. The van der Waals surface area contributed by atoms with E-state index in [1.165, 1.54) is 0 Å². The molecule has 0 aliphatic carbocycles. The Morgan fingerprint density at radius 2 is 0.408 bits per heavy atom. The van der Waals surface area contributed by atoms with E-state index in [1.54, 1.807) is 72.8 Å². The average molecular weight is 843 g/mol. The number of hydrogen-bond acceptors (Lipinski definition) is 6. The Hall–Kier alpha value is -5.39. The molecule has 0 fully saturated rings. The SMILES string of the molecule is O=C([O-])C(c1ccccc1)c1ccccc1.O=C([O-])C(c1ccccc1)c1ccccc1.O=C([O-])C(c1ccccc1)c1ccccc1.[Bi+3]. The third kappa shape index (κ3) is 11.4. The van der Waals surface area contributed by atoms with Gasteiger partial charge in [0.15, 0.2) is 0 Å². The second kappa shape index (κ2) is 20.1. The summed E-state index contributed by atoms with van der Waals surface area (Å²) in [6.07, 6.45) is 0. The molecule has 242 valence electrons. The predicted octanol–water partition coefficient (Wildman–Crippen LogP) is 4.32. The monoisotopic (exact) mass is 842 g/mol. The molecule has 6 aromatic carbocycles. The zero-order chi connectivity index (χ0) is 34.1. The molecule has 0 aliphatic rings. The van der Waals surface area contributed by atoms with E-state index in [4.69, 9.17) is 0 Å². The second-order valence-corrected chi connectivity index (χ2v) is 10.7. The van der Waals surface area contributed by atoms with Gasteiger partial charge in [0.05, 0.1) is 17.9 Å². The molecule has 6 rings (SSSR count). The molecule has 0 aliphatic heterocycles. The minimum Gasteiger partial charge on any atom is -0.549 e. The summed E-state index contributed by atoms with van der Waals surface area (Å²) in [5, 5.41) is 33.6. The standard InChI is InChI=1S/3C14H12O2.Bi/c3*15-14(16)13(11-7-3-1-4-8-11)12-9-5-2-6-10-12;/h3*1-10,13H,(H,15,16);/q;;;+3/p-3. The van der Waals surface area contributed by atoms with Crippen molar-refractivity contribution >= 4 is 44.1 Å². The molecule has 49 heavy (non-hydrogen) atoms. The Labute approximate surface area is 305 Å². The quantitative estimate of drug-likeness (QED) is 0.200. The fraction of sp³-hybridized carbons (Fsp3) is 0.0714. The Morgan fingerprint density at radius 1 is 0.286 bits per heavy atom. The van der Waals surface area contributed by atoms with Gasteiger partial charge in [-0.1, -0.05) is 182 Å². The molecule has 7 heteroatoms. The molecule has 0 atom stereocenters. The van der Waals surface area contributed by atoms with Crippen molar-refractivity contribution in [3.05, 3.63) is 215 Å². The molecule has 0 heterocycles. The number of hydrogen-bond donors (Lipinski definition) is 0. The average Bonchev–Trinajstić information content (AvgIpc) is 3.12. The van der Waals surface area contributed by atoms with Crippen LogP contribution in [0.15, 0.2) is 182 Å². The van der Waals surface area contributed by atoms with Crippen molar-refractivity contribution in [1.82, 2.24) is 0 Å². The third-order valence-corrected chi connectivity index (χ3v) is 7.50. The fourth-order valence-electron chi connectivity index (χ4n) is 5.27. The van der Waals surface area contributed by atoms with Gasteiger partial charge in [-0.3, -0.25) is 0 Å². The van der Waals surface area contributed by atoms with E-state index in [0.29, 0.717) is 0 Å². The van der Waals surface area contributed by atoms with Crippen molar-refractivity contribution in [2.75, 3.05) is 0 Å². The molecular formula is C42H33BiO6. The first-order chi connectivity index (χ1) is 23.4. The first-order valence-electron chi connectivity index (χ1n) is 15.3. The van der Waals surface area contributed by atoms with Gasteiger partial charge in [-0.25, -0.2) is 0 Å². The summed E-state index contributed by atoms with van der Waals surface area (Å²) in [5.41, 5.74) is 4.47. The number of aliphatic carboxylic acids is 3. The van der Waals surface area contributed by atoms with E-state index in [1.807, 2.05) is 109 Å². The van der Waals surface area contributed by atoms with Gasteiger partial charge >= 0.3 is 26.2 Å². The van der Waals surface area contributed by atoms with Crippen molar-refractivity contribution in [2.45, 2.75) is 17.8 Å². The maximum absolute atomic E-state index is 11.2. The first-order valence-corrected chi connectivity index (χ1v) is 15.3. The topological polar surface area (TPSA) is 120 Å². The zero-order valence-corrected chi connectivity index (χ0v) is 29.9. The van der Waals surface area contributed by atoms with Gasteiger partial charge < -0.3 is 29.7 Å². The van der Waals surface area contributed by atoms with Crippen molar-refractivity contribution in [3.63, 3.8) is 0 Å². The third-order valence-electron chi connectivity index (χ3n) is 7.50. The minimum absolute atomic E-state index is 0. The molecule has 0 spiro atoms. The molecule has 6 aromatic rings. The van der Waals surface area contributed by atoms with Gasteiger partial charge in [-0.2, -0.15) is 0 Å². The molecule has 0 N–H and O–H groups in total. The summed E-state index contributed by atoms with van der Waals surface area (Å²) >= 11 is 0. The first kappa shape index (κ1) is 38.1. The van der Waals surface area contributed by atoms with Crippen molar-refractivity contribution in [2.24, 2.45) is 0 Å². The molecule has 0 amide bonds. The smallest absolute Gasteiger partial charge is 0.549 e. The largest absolute Gasteiger partial charge is 3.00 e. The summed E-state index contributed by atoms with van der Waals surface area (Å²) < 4.78 is 0. The van der Waals surface area contributed by atoms with E-state index in [-0.39, 0.29) is 26.2 Å². The van der Waals surface area contributed by atoms with Crippen LogP contribution in [0.1, 0.15) is 51.1 Å². The van der Waals surface area contributed by atoms with Crippen LogP contribution in [0.2, 0.25) is 0 Å². The second-order valence-electron chi connectivity index (χ2n) is 10.7. The molecule has 0 saturated carbocycles. The summed E-state index contributed by atoms with van der Waals surface area (Å²) in [6.45, 7) is 0. The fourth-order valence-corrected chi connectivity index (χ4v) is 5.27. The number of carboxylic acid groups (broad SMARTS) is 3. The number of carbonyl (C=O) groups is 3. The molecule has 2 radical (unpaired) electrons. The summed E-state index contributed by atoms with van der Waals surface area (Å²) in [6, 6.07) is 54.7. The van der Waals surface area contributed by atoms with Crippen molar-refractivity contribution in [1.29, 1.82) is 0 Å². The Kier molecular flexibility index (Phi) is 15.6. The Bertz CT molecular complexity index is 1500. The van der Waals surface area contributed by atoms with Crippen LogP contribution >= 0.6 is 0 Å². The summed E-state index contributed by atoms with van der Waals surface area (Å²) in [7, 11) is 0. The number of carbonyl (C=O) groups excluding carboxylic acids is 3.